The van der Waals surface area contributed by atoms with E-state index in [0.29, 0.717) is 0 Å². The third-order valence-corrected chi connectivity index (χ3v) is 2.44. The van der Waals surface area contributed by atoms with Gasteiger partial charge in [0.25, 0.3) is 0 Å². The fraction of sp³-hybridized carbons (Fsp3) is 0.889. The van der Waals surface area contributed by atoms with Crippen LogP contribution in [0.5, 0.6) is 0 Å². The average molecular weight is 234 g/mol. The molecule has 2 N–H and O–H groups in total. The molecule has 0 aromatic heterocycles. The first kappa shape index (κ1) is 14.8. The first-order valence-corrected chi connectivity index (χ1v) is 6.05. The van der Waals surface area contributed by atoms with Gasteiger partial charge in [0, 0.05) is 12.1 Å². The topological polar surface area (TPSA) is 76.7 Å². The maximum atomic E-state index is 8.82. The van der Waals surface area contributed by atoms with E-state index in [1.165, 1.54) is 0 Å². The average Bonchev–Trinajstić information content (AvgIpc) is 2.01. The van der Waals surface area contributed by atoms with Crippen molar-refractivity contribution >= 4 is 8.60 Å². The van der Waals surface area contributed by atoms with Gasteiger partial charge in [-0.15, -0.1) is 0 Å². The number of hydrogen-bond donors (Lipinski definition) is 2. The summed E-state index contributed by atoms with van der Waals surface area (Å²) in [4.78, 5) is 19.6. The van der Waals surface area contributed by atoms with Crippen molar-refractivity contribution in [2.45, 2.75) is 52.4 Å². The molecule has 0 aliphatic heterocycles. The molecule has 88 valence electrons. The van der Waals surface area contributed by atoms with E-state index in [0.717, 1.165) is 0 Å². The minimum Gasteiger partial charge on any atom is -0.328 e. The highest BCUT2D eigenvalue weighted by molar-refractivity contribution is 7.39. The van der Waals surface area contributed by atoms with Crippen LogP contribution in [0.1, 0.15) is 34.1 Å². The Morgan fingerprint density at radius 1 is 1.27 bits per heavy atom. The molecule has 0 aliphatic carbocycles. The summed E-state index contributed by atoms with van der Waals surface area (Å²) in [5, 5.41) is 8.65. The molecule has 0 spiro atoms. The predicted molar refractivity (Wildman–Crippen MR) is 58.6 cm³/mol. The van der Waals surface area contributed by atoms with Crippen LogP contribution in [0.25, 0.3) is 0 Å². The lowest BCUT2D eigenvalue weighted by Gasteiger charge is -2.36. The molecular formula is C9H19N2O3P. The number of rotatable bonds is 6. The van der Waals surface area contributed by atoms with Gasteiger partial charge in [0.05, 0.1) is 12.5 Å². The second-order valence-electron chi connectivity index (χ2n) is 3.81. The Morgan fingerprint density at radius 3 is 2.00 bits per heavy atom. The van der Waals surface area contributed by atoms with Gasteiger partial charge in [-0.1, -0.05) is 0 Å². The lowest BCUT2D eigenvalue weighted by Crippen LogP contribution is -2.45. The van der Waals surface area contributed by atoms with Crippen molar-refractivity contribution in [1.29, 1.82) is 5.26 Å². The van der Waals surface area contributed by atoms with Crippen molar-refractivity contribution in [3.05, 3.63) is 0 Å². The van der Waals surface area contributed by atoms with Crippen LogP contribution in [-0.2, 0) is 4.52 Å². The van der Waals surface area contributed by atoms with E-state index in [1.54, 1.807) is 0 Å². The maximum Gasteiger partial charge on any atom is 0.328 e. The van der Waals surface area contributed by atoms with Gasteiger partial charge in [0.1, 0.15) is 6.23 Å². The molecule has 0 aromatic carbocycles. The molecule has 6 heteroatoms. The van der Waals surface area contributed by atoms with E-state index in [-0.39, 0.29) is 18.5 Å². The van der Waals surface area contributed by atoms with E-state index in [1.807, 2.05) is 38.7 Å². The Balaban J connectivity index is 4.61. The van der Waals surface area contributed by atoms with Crippen LogP contribution in [0.15, 0.2) is 0 Å². The van der Waals surface area contributed by atoms with E-state index in [2.05, 4.69) is 0 Å². The second kappa shape index (κ2) is 7.10. The van der Waals surface area contributed by atoms with Crippen LogP contribution in [0, 0.1) is 11.3 Å². The molecule has 0 amide bonds. The van der Waals surface area contributed by atoms with Crippen molar-refractivity contribution in [3.63, 3.8) is 0 Å². The van der Waals surface area contributed by atoms with Crippen LogP contribution in [0.2, 0.25) is 0 Å². The van der Waals surface area contributed by atoms with Gasteiger partial charge in [0.2, 0.25) is 0 Å². The Morgan fingerprint density at radius 2 is 1.73 bits per heavy atom. The molecule has 0 saturated heterocycles. The molecule has 0 radical (unpaired) electrons. The zero-order chi connectivity index (χ0) is 12.0. The van der Waals surface area contributed by atoms with Gasteiger partial charge in [-0.25, -0.2) is 0 Å². The van der Waals surface area contributed by atoms with Gasteiger partial charge in [0.15, 0.2) is 0 Å². The summed E-state index contributed by atoms with van der Waals surface area (Å²) in [7, 11) is -2.43. The Kier molecular flexibility index (Phi) is 6.99. The molecule has 1 unspecified atom stereocenters. The molecule has 0 rings (SSSR count). The quantitative estimate of drug-likeness (QED) is 0.539. The van der Waals surface area contributed by atoms with E-state index < -0.39 is 14.8 Å². The standard InChI is InChI=1S/C9H19N2O3P/c1-7(2)11(8(3)4)9(5-6-10)14-15(12)13/h7-9,12-13H,5H2,1-4H3. The van der Waals surface area contributed by atoms with Crippen LogP contribution in [0.3, 0.4) is 0 Å². The summed E-state index contributed by atoms with van der Waals surface area (Å²) in [6.07, 6.45) is -0.438. The maximum absolute atomic E-state index is 8.82. The minimum atomic E-state index is -2.43. The normalized spacial score (nSPS) is 13.9. The number of nitrogens with zero attached hydrogens (tertiary/aromatic N) is 2. The van der Waals surface area contributed by atoms with Crippen molar-refractivity contribution in [3.8, 4) is 6.07 Å². The van der Waals surface area contributed by atoms with Gasteiger partial charge >= 0.3 is 8.60 Å². The van der Waals surface area contributed by atoms with E-state index in [4.69, 9.17) is 19.6 Å². The van der Waals surface area contributed by atoms with Crippen LogP contribution < -0.4 is 0 Å². The van der Waals surface area contributed by atoms with Crippen molar-refractivity contribution < 1.29 is 14.3 Å². The van der Waals surface area contributed by atoms with Gasteiger partial charge in [-0.2, -0.15) is 5.26 Å². The summed E-state index contributed by atoms with van der Waals surface area (Å²) in [5.74, 6) is 0. The summed E-state index contributed by atoms with van der Waals surface area (Å²) in [6.45, 7) is 7.91. The highest BCUT2D eigenvalue weighted by Gasteiger charge is 2.26. The zero-order valence-electron chi connectivity index (χ0n) is 9.58. The summed E-state index contributed by atoms with van der Waals surface area (Å²) >= 11 is 0. The van der Waals surface area contributed by atoms with Crippen molar-refractivity contribution in [2.24, 2.45) is 0 Å². The van der Waals surface area contributed by atoms with Crippen molar-refractivity contribution in [2.75, 3.05) is 0 Å². The molecule has 0 saturated carbocycles. The highest BCUT2D eigenvalue weighted by Crippen LogP contribution is 2.30. The monoisotopic (exact) mass is 234 g/mol. The molecule has 1 atom stereocenters. The molecule has 5 nitrogen and oxygen atoms in total. The van der Waals surface area contributed by atoms with E-state index >= 15 is 0 Å². The summed E-state index contributed by atoms with van der Waals surface area (Å²) < 4.78 is 4.95. The molecule has 0 aromatic rings. The smallest absolute Gasteiger partial charge is 0.328 e. The zero-order valence-corrected chi connectivity index (χ0v) is 10.5. The first-order valence-electron chi connectivity index (χ1n) is 4.89. The predicted octanol–water partition coefficient (Wildman–Crippen LogP) is 1.57. The number of hydrogen-bond acceptors (Lipinski definition) is 5. The Bertz CT molecular complexity index is 208. The van der Waals surface area contributed by atoms with E-state index in [9.17, 15) is 0 Å². The van der Waals surface area contributed by atoms with Crippen LogP contribution >= 0.6 is 8.60 Å². The first-order chi connectivity index (χ1) is 6.90. The molecule has 0 bridgehead atoms. The molecule has 0 fully saturated rings. The highest BCUT2D eigenvalue weighted by atomic mass is 31.2. The molecule has 0 heterocycles. The lowest BCUT2D eigenvalue weighted by atomic mass is 10.2. The fourth-order valence-electron chi connectivity index (χ4n) is 1.65. The van der Waals surface area contributed by atoms with Crippen LogP contribution in [-0.4, -0.2) is 33.0 Å². The Labute approximate surface area is 92.3 Å². The minimum absolute atomic E-state index is 0.121. The molecular weight excluding hydrogens is 215 g/mol. The third-order valence-electron chi connectivity index (χ3n) is 2.01. The summed E-state index contributed by atoms with van der Waals surface area (Å²) in [6, 6.07) is 2.34. The van der Waals surface area contributed by atoms with Crippen molar-refractivity contribution in [1.82, 2.24) is 4.90 Å². The SMILES string of the molecule is CC(C)N(C(C)C)C(CC#N)OP(O)O. The van der Waals surface area contributed by atoms with Gasteiger partial charge in [-0.3, -0.25) is 9.42 Å². The third kappa shape index (κ3) is 5.41. The second-order valence-corrected chi connectivity index (χ2v) is 4.53. The summed E-state index contributed by atoms with van der Waals surface area (Å²) in [5.41, 5.74) is 0. The Hall–Kier alpha value is -0.240. The fourth-order valence-corrected chi connectivity index (χ4v) is 2.05. The van der Waals surface area contributed by atoms with Crippen LogP contribution in [0.4, 0.5) is 0 Å². The molecule has 0 aliphatic rings. The largest absolute Gasteiger partial charge is 0.328 e. The number of nitriles is 1. The van der Waals surface area contributed by atoms with Gasteiger partial charge < -0.3 is 9.79 Å². The molecule has 15 heavy (non-hydrogen) atoms. The lowest BCUT2D eigenvalue weighted by molar-refractivity contribution is -0.0212. The van der Waals surface area contributed by atoms with Gasteiger partial charge in [-0.05, 0) is 27.7 Å².